The number of ether oxygens (including phenoxy) is 1. The number of alkyl halides is 1. The van der Waals surface area contributed by atoms with Crippen LogP contribution < -0.4 is 0 Å². The lowest BCUT2D eigenvalue weighted by molar-refractivity contribution is -0.134. The van der Waals surface area contributed by atoms with Crippen molar-refractivity contribution in [1.29, 1.82) is 0 Å². The lowest BCUT2D eigenvalue weighted by Gasteiger charge is -2.41. The van der Waals surface area contributed by atoms with Gasteiger partial charge in [-0.05, 0) is 67.7 Å². The molecule has 0 spiro atoms. The second-order valence-electron chi connectivity index (χ2n) is 9.21. The Kier molecular flexibility index (Phi) is 5.51. The van der Waals surface area contributed by atoms with Crippen LogP contribution in [-0.2, 0) is 16.0 Å². The van der Waals surface area contributed by atoms with E-state index in [2.05, 4.69) is 9.72 Å². The molecule has 2 atom stereocenters. The first-order valence-corrected chi connectivity index (χ1v) is 11.2. The molecule has 0 unspecified atom stereocenters. The number of fused-ring (bicyclic) bond motifs is 3. The fraction of sp³-hybridized carbons (Fsp3) is 0.346. The van der Waals surface area contributed by atoms with Crippen molar-refractivity contribution in [3.05, 3.63) is 76.2 Å². The summed E-state index contributed by atoms with van der Waals surface area (Å²) in [5.41, 5.74) is 0.170. The van der Waals surface area contributed by atoms with Gasteiger partial charge < -0.3 is 9.72 Å². The number of carbonyl (C=O) groups excluding carboxylic acids is 1. The molecule has 2 aromatic carbocycles. The van der Waals surface area contributed by atoms with Gasteiger partial charge in [-0.1, -0.05) is 6.07 Å². The zero-order valence-corrected chi connectivity index (χ0v) is 18.8. The molecule has 2 heterocycles. The fourth-order valence-corrected chi connectivity index (χ4v) is 4.94. The lowest BCUT2D eigenvalue weighted by atomic mass is 9.87. The summed E-state index contributed by atoms with van der Waals surface area (Å²) < 4.78 is 65.1. The van der Waals surface area contributed by atoms with Crippen molar-refractivity contribution < 1.29 is 27.1 Å². The Hall–Kier alpha value is -3.13. The molecule has 34 heavy (non-hydrogen) atoms. The van der Waals surface area contributed by atoms with E-state index in [9.17, 15) is 13.6 Å². The number of rotatable bonds is 5. The Labute approximate surface area is 194 Å². The smallest absolute Gasteiger partial charge is 0.330 e. The number of esters is 1. The minimum absolute atomic E-state index is 0.0268. The topological polar surface area (TPSA) is 45.3 Å². The van der Waals surface area contributed by atoms with Crippen molar-refractivity contribution in [2.24, 2.45) is 0 Å². The molecule has 5 rings (SSSR count). The van der Waals surface area contributed by atoms with E-state index >= 15 is 8.78 Å². The van der Waals surface area contributed by atoms with Crippen LogP contribution in [0.5, 0.6) is 0 Å². The fourth-order valence-electron chi connectivity index (χ4n) is 4.94. The van der Waals surface area contributed by atoms with Crippen molar-refractivity contribution in [2.75, 3.05) is 13.7 Å². The molecule has 1 saturated carbocycles. The zero-order valence-electron chi connectivity index (χ0n) is 18.8. The van der Waals surface area contributed by atoms with Gasteiger partial charge in [0.05, 0.1) is 13.2 Å². The first-order chi connectivity index (χ1) is 16.2. The van der Waals surface area contributed by atoms with E-state index in [1.807, 2.05) is 6.92 Å². The molecule has 0 amide bonds. The summed E-state index contributed by atoms with van der Waals surface area (Å²) in [4.78, 5) is 16.3. The van der Waals surface area contributed by atoms with E-state index in [0.717, 1.165) is 18.2 Å². The second-order valence-corrected chi connectivity index (χ2v) is 9.21. The molecule has 0 saturated heterocycles. The number of carbonyl (C=O) groups is 1. The number of aromatic nitrogens is 1. The minimum Gasteiger partial charge on any atom is -0.466 e. The Morgan fingerprint density at radius 3 is 2.56 bits per heavy atom. The highest BCUT2D eigenvalue weighted by molar-refractivity contribution is 5.87. The molecule has 2 aliphatic rings. The van der Waals surface area contributed by atoms with Crippen LogP contribution in [0.15, 0.2) is 36.4 Å². The summed E-state index contributed by atoms with van der Waals surface area (Å²) in [6.07, 6.45) is 3.56. The monoisotopic (exact) mass is 472 g/mol. The van der Waals surface area contributed by atoms with E-state index < -0.39 is 35.1 Å². The third-order valence-electron chi connectivity index (χ3n) is 6.83. The maximum Gasteiger partial charge on any atom is 0.330 e. The number of methoxy groups -OCH3 is 1. The third kappa shape index (κ3) is 3.90. The van der Waals surface area contributed by atoms with Crippen LogP contribution >= 0.6 is 0 Å². The largest absolute Gasteiger partial charge is 0.466 e. The summed E-state index contributed by atoms with van der Waals surface area (Å²) >= 11 is 0. The first kappa shape index (κ1) is 22.7. The highest BCUT2D eigenvalue weighted by atomic mass is 19.1. The quantitative estimate of drug-likeness (QED) is 0.298. The van der Waals surface area contributed by atoms with Crippen LogP contribution in [0.2, 0.25) is 0 Å². The maximum absolute atomic E-state index is 15.5. The van der Waals surface area contributed by atoms with Gasteiger partial charge in [-0.15, -0.1) is 0 Å². The summed E-state index contributed by atoms with van der Waals surface area (Å²) in [5.74, 6) is -2.73. The number of nitrogens with zero attached hydrogens (tertiary/aromatic N) is 1. The first-order valence-electron chi connectivity index (χ1n) is 11.2. The number of hydrogen-bond acceptors (Lipinski definition) is 3. The standard InChI is InChI=1S/C26H24F4N2O2/c1-14-10-16-22-17(27)4-3-5-20(22)31-24(16)25(32(14)13-26(30)8-9-26)23-18(28)11-15(12-19(23)29)6-7-21(33)34-2/h3-7,11-12,14,25,31H,8-10,13H2,1-2H3/b7-6+/t14-,25-/m0/s1. The van der Waals surface area contributed by atoms with Crippen LogP contribution in [0.3, 0.4) is 0 Å². The Morgan fingerprint density at radius 1 is 1.21 bits per heavy atom. The normalized spacial score (nSPS) is 21.7. The van der Waals surface area contributed by atoms with Crippen LogP contribution in [0.1, 0.15) is 48.2 Å². The highest BCUT2D eigenvalue weighted by Gasteiger charge is 2.49. The molecule has 1 fully saturated rings. The van der Waals surface area contributed by atoms with E-state index in [-0.39, 0.29) is 23.7 Å². The second kappa shape index (κ2) is 8.27. The SMILES string of the molecule is COC(=O)/C=C/c1cc(F)c([C@H]2c3[nH]c4cccc(F)c4c3C[C@H](C)N2CC2(F)CC2)c(F)c1. The highest BCUT2D eigenvalue weighted by Crippen LogP contribution is 2.47. The molecular weight excluding hydrogens is 448 g/mol. The average Bonchev–Trinajstić information content (AvgIpc) is 3.40. The van der Waals surface area contributed by atoms with E-state index in [1.165, 1.54) is 19.3 Å². The van der Waals surface area contributed by atoms with Crippen molar-refractivity contribution >= 4 is 22.9 Å². The molecule has 1 aliphatic heterocycles. The summed E-state index contributed by atoms with van der Waals surface area (Å²) in [6, 6.07) is 5.65. The van der Waals surface area contributed by atoms with Crippen LogP contribution in [0.4, 0.5) is 17.6 Å². The minimum atomic E-state index is -1.39. The molecule has 0 radical (unpaired) electrons. The van der Waals surface area contributed by atoms with E-state index in [1.54, 1.807) is 17.0 Å². The van der Waals surface area contributed by atoms with Gasteiger partial charge in [-0.25, -0.2) is 22.4 Å². The number of nitrogens with one attached hydrogen (secondary N) is 1. The van der Waals surface area contributed by atoms with Gasteiger partial charge in [0.2, 0.25) is 0 Å². The average molecular weight is 472 g/mol. The van der Waals surface area contributed by atoms with E-state index in [4.69, 9.17) is 0 Å². The Balaban J connectivity index is 1.67. The van der Waals surface area contributed by atoms with Gasteiger partial charge in [-0.2, -0.15) is 0 Å². The van der Waals surface area contributed by atoms with Crippen molar-refractivity contribution in [1.82, 2.24) is 9.88 Å². The summed E-state index contributed by atoms with van der Waals surface area (Å²) in [7, 11) is 1.20. The van der Waals surface area contributed by atoms with Crippen molar-refractivity contribution in [3.63, 3.8) is 0 Å². The number of halogens is 4. The van der Waals surface area contributed by atoms with E-state index in [0.29, 0.717) is 41.4 Å². The molecule has 1 aliphatic carbocycles. The molecule has 0 bridgehead atoms. The lowest BCUT2D eigenvalue weighted by Crippen LogP contribution is -2.46. The van der Waals surface area contributed by atoms with Gasteiger partial charge in [-0.3, -0.25) is 4.90 Å². The molecule has 178 valence electrons. The predicted molar refractivity (Wildman–Crippen MR) is 120 cm³/mol. The molecule has 8 heteroatoms. The third-order valence-corrected chi connectivity index (χ3v) is 6.83. The van der Waals surface area contributed by atoms with Gasteiger partial charge in [0.1, 0.15) is 23.1 Å². The number of aromatic amines is 1. The zero-order chi connectivity index (χ0) is 24.2. The summed E-state index contributed by atoms with van der Waals surface area (Å²) in [5, 5.41) is 0.397. The van der Waals surface area contributed by atoms with Crippen LogP contribution in [0.25, 0.3) is 17.0 Å². The van der Waals surface area contributed by atoms with Crippen LogP contribution in [-0.4, -0.2) is 41.2 Å². The van der Waals surface area contributed by atoms with Crippen molar-refractivity contribution in [2.45, 2.75) is 43.9 Å². The molecule has 1 aromatic heterocycles. The summed E-state index contributed by atoms with van der Waals surface area (Å²) in [6.45, 7) is 1.89. The van der Waals surface area contributed by atoms with Gasteiger partial charge in [0.25, 0.3) is 0 Å². The molecule has 3 aromatic rings. The number of hydrogen-bond donors (Lipinski definition) is 1. The molecule has 1 N–H and O–H groups in total. The van der Waals surface area contributed by atoms with Gasteiger partial charge >= 0.3 is 5.97 Å². The Morgan fingerprint density at radius 2 is 1.91 bits per heavy atom. The predicted octanol–water partition coefficient (Wildman–Crippen LogP) is 5.61. The molecular formula is C26H24F4N2O2. The van der Waals surface area contributed by atoms with Gasteiger partial charge in [0.15, 0.2) is 0 Å². The van der Waals surface area contributed by atoms with Gasteiger partial charge in [0, 0.05) is 40.8 Å². The number of H-pyrrole nitrogens is 1. The van der Waals surface area contributed by atoms with Crippen LogP contribution in [0, 0.1) is 17.5 Å². The maximum atomic E-state index is 15.5. The number of benzene rings is 2. The van der Waals surface area contributed by atoms with Crippen molar-refractivity contribution in [3.8, 4) is 0 Å². The Bertz CT molecular complexity index is 1290. The molecule has 4 nitrogen and oxygen atoms in total.